The average molecular weight is 525 g/mol. The van der Waals surface area contributed by atoms with Gasteiger partial charge < -0.3 is 19.5 Å². The van der Waals surface area contributed by atoms with Crippen molar-refractivity contribution in [3.63, 3.8) is 0 Å². The lowest BCUT2D eigenvalue weighted by molar-refractivity contribution is -0.118. The first-order valence-electron chi connectivity index (χ1n) is 11.6. The number of halogens is 1. The molecular weight excluding hydrogens is 496 g/mol. The molecule has 8 heteroatoms. The smallest absolute Gasteiger partial charge is 0.203 e. The predicted molar refractivity (Wildman–Crippen MR) is 142 cm³/mol. The molecule has 188 valence electrons. The second kappa shape index (κ2) is 10.5. The summed E-state index contributed by atoms with van der Waals surface area (Å²) in [6.45, 7) is 4.18. The molecule has 2 aliphatic rings. The molecule has 0 saturated carbocycles. The predicted octanol–water partition coefficient (Wildman–Crippen LogP) is 6.36. The van der Waals surface area contributed by atoms with Crippen molar-refractivity contribution in [3.05, 3.63) is 74.4 Å². The molecule has 0 fully saturated rings. The van der Waals surface area contributed by atoms with Gasteiger partial charge in [-0.3, -0.25) is 4.79 Å². The summed E-state index contributed by atoms with van der Waals surface area (Å²) in [5.74, 6) is 1.56. The molecule has 2 aromatic rings. The Morgan fingerprint density at radius 2 is 1.72 bits per heavy atom. The molecule has 4 rings (SSSR count). The molecule has 1 N–H and O–H groups in total. The van der Waals surface area contributed by atoms with Crippen molar-refractivity contribution < 1.29 is 19.0 Å². The van der Waals surface area contributed by atoms with Gasteiger partial charge >= 0.3 is 0 Å². The van der Waals surface area contributed by atoms with Gasteiger partial charge in [-0.2, -0.15) is 5.26 Å². The van der Waals surface area contributed by atoms with E-state index in [0.717, 1.165) is 21.9 Å². The largest absolute Gasteiger partial charge is 0.493 e. The van der Waals surface area contributed by atoms with Crippen molar-refractivity contribution in [2.75, 3.05) is 21.3 Å². The molecule has 0 radical (unpaired) electrons. The summed E-state index contributed by atoms with van der Waals surface area (Å²) in [7, 11) is 4.65. The lowest BCUT2D eigenvalue weighted by Crippen LogP contribution is -2.36. The van der Waals surface area contributed by atoms with Crippen LogP contribution in [-0.2, 0) is 10.5 Å². The molecule has 0 amide bonds. The van der Waals surface area contributed by atoms with Crippen molar-refractivity contribution in [1.29, 1.82) is 5.26 Å². The van der Waals surface area contributed by atoms with Crippen LogP contribution in [0.1, 0.15) is 43.7 Å². The van der Waals surface area contributed by atoms with Gasteiger partial charge in [-0.15, -0.1) is 11.8 Å². The molecule has 6 nitrogen and oxygen atoms in total. The Balaban J connectivity index is 1.85. The lowest BCUT2D eigenvalue weighted by atomic mass is 9.69. The number of ketones is 1. The maximum absolute atomic E-state index is 13.5. The number of thioether (sulfide) groups is 1. The summed E-state index contributed by atoms with van der Waals surface area (Å²) in [6, 6.07) is 13.7. The van der Waals surface area contributed by atoms with Crippen LogP contribution in [0.15, 0.2) is 58.3 Å². The quantitative estimate of drug-likeness (QED) is 0.451. The molecule has 0 saturated heterocycles. The normalized spacial score (nSPS) is 18.8. The molecule has 1 aliphatic heterocycles. The summed E-state index contributed by atoms with van der Waals surface area (Å²) < 4.78 is 16.7. The van der Waals surface area contributed by atoms with Crippen molar-refractivity contribution in [3.8, 4) is 23.3 Å². The number of hydrogen-bond acceptors (Lipinski definition) is 7. The fraction of sp³-hybridized carbons (Fsp3) is 0.357. The molecular formula is C28H29ClN2O4S. The van der Waals surface area contributed by atoms with E-state index < -0.39 is 5.92 Å². The molecule has 0 bridgehead atoms. The zero-order valence-electron chi connectivity index (χ0n) is 21.0. The zero-order chi connectivity index (χ0) is 26.0. The number of rotatable bonds is 7. The Bertz CT molecular complexity index is 1270. The van der Waals surface area contributed by atoms with Crippen LogP contribution < -0.4 is 19.5 Å². The van der Waals surface area contributed by atoms with Gasteiger partial charge in [0.1, 0.15) is 0 Å². The van der Waals surface area contributed by atoms with Gasteiger partial charge in [-0.05, 0) is 47.2 Å². The van der Waals surface area contributed by atoms with E-state index in [2.05, 4.69) is 25.2 Å². The first kappa shape index (κ1) is 26.0. The summed E-state index contributed by atoms with van der Waals surface area (Å²) in [6.07, 6.45) is 1.12. The molecule has 1 heterocycles. The molecule has 0 spiro atoms. The highest BCUT2D eigenvalue weighted by Gasteiger charge is 2.42. The van der Waals surface area contributed by atoms with Gasteiger partial charge in [0.15, 0.2) is 17.3 Å². The highest BCUT2D eigenvalue weighted by Crippen LogP contribution is 2.50. The van der Waals surface area contributed by atoms with Crippen LogP contribution in [0, 0.1) is 16.7 Å². The van der Waals surface area contributed by atoms with Crippen LogP contribution in [0.5, 0.6) is 17.2 Å². The van der Waals surface area contributed by atoms with E-state index in [0.29, 0.717) is 52.0 Å². The number of carbonyl (C=O) groups excluding carboxylic acids is 1. The van der Waals surface area contributed by atoms with Crippen LogP contribution in [0.25, 0.3) is 0 Å². The fourth-order valence-corrected chi connectivity index (χ4v) is 5.97. The molecule has 0 aromatic heterocycles. The number of nitriles is 1. The summed E-state index contributed by atoms with van der Waals surface area (Å²) >= 11 is 7.58. The Labute approximate surface area is 221 Å². The Hall–Kier alpha value is -3.08. The van der Waals surface area contributed by atoms with Gasteiger partial charge in [0, 0.05) is 28.5 Å². The highest BCUT2D eigenvalue weighted by molar-refractivity contribution is 8.02. The standard InChI is InChI=1S/C28H29ClN2O4S/c1-28(2)12-20-25(21(32)13-28)24(17-10-22(33-3)26(35-5)23(11-17)34-4)19(14-30)27(31-20)36-15-16-6-8-18(29)9-7-16/h6-11,24,31H,12-13,15H2,1-5H3. The van der Waals surface area contributed by atoms with E-state index in [1.165, 1.54) is 0 Å². The number of nitrogens with zero attached hydrogens (tertiary/aromatic N) is 1. The number of carbonyl (C=O) groups is 1. The Kier molecular flexibility index (Phi) is 7.58. The zero-order valence-corrected chi connectivity index (χ0v) is 22.6. The topological polar surface area (TPSA) is 80.6 Å². The molecule has 1 atom stereocenters. The van der Waals surface area contributed by atoms with Crippen LogP contribution in [0.2, 0.25) is 5.02 Å². The summed E-state index contributed by atoms with van der Waals surface area (Å²) in [5.41, 5.74) is 3.64. The first-order valence-corrected chi connectivity index (χ1v) is 12.9. The lowest BCUT2D eigenvalue weighted by Gasteiger charge is -2.39. The monoisotopic (exact) mass is 524 g/mol. The van der Waals surface area contributed by atoms with Gasteiger partial charge in [-0.1, -0.05) is 37.6 Å². The van der Waals surface area contributed by atoms with Crippen molar-refractivity contribution >= 4 is 29.1 Å². The van der Waals surface area contributed by atoms with E-state index in [4.69, 9.17) is 25.8 Å². The van der Waals surface area contributed by atoms with E-state index >= 15 is 0 Å². The van der Waals surface area contributed by atoms with E-state index in [9.17, 15) is 10.1 Å². The number of Topliss-reactive ketones (excluding diaryl/α,β-unsaturated/α-hetero) is 1. The van der Waals surface area contributed by atoms with Crippen molar-refractivity contribution in [1.82, 2.24) is 5.32 Å². The Morgan fingerprint density at radius 1 is 1.08 bits per heavy atom. The SMILES string of the molecule is COc1cc(C2C(C#N)=C(SCc3ccc(Cl)cc3)NC3=C2C(=O)CC(C)(C)C3)cc(OC)c1OC. The van der Waals surface area contributed by atoms with Gasteiger partial charge in [-0.25, -0.2) is 0 Å². The average Bonchev–Trinajstić information content (AvgIpc) is 2.85. The third-order valence-electron chi connectivity index (χ3n) is 6.44. The van der Waals surface area contributed by atoms with Crippen molar-refractivity contribution in [2.45, 2.75) is 38.4 Å². The van der Waals surface area contributed by atoms with Crippen LogP contribution >= 0.6 is 23.4 Å². The summed E-state index contributed by atoms with van der Waals surface area (Å²) in [4.78, 5) is 13.5. The molecule has 2 aromatic carbocycles. The maximum Gasteiger partial charge on any atom is 0.203 e. The Morgan fingerprint density at radius 3 is 2.28 bits per heavy atom. The minimum absolute atomic E-state index is 0.0435. The number of ether oxygens (including phenoxy) is 3. The highest BCUT2D eigenvalue weighted by atomic mass is 35.5. The number of benzene rings is 2. The second-order valence-corrected chi connectivity index (χ2v) is 11.0. The third-order valence-corrected chi connectivity index (χ3v) is 7.78. The number of dihydropyridines is 1. The van der Waals surface area contributed by atoms with Crippen LogP contribution in [-0.4, -0.2) is 27.1 Å². The second-order valence-electron chi connectivity index (χ2n) is 9.62. The maximum atomic E-state index is 13.5. The molecule has 1 unspecified atom stereocenters. The van der Waals surface area contributed by atoms with Gasteiger partial charge in [0.05, 0.1) is 43.9 Å². The third kappa shape index (κ3) is 5.07. The number of methoxy groups -OCH3 is 3. The fourth-order valence-electron chi connectivity index (χ4n) is 4.83. The summed E-state index contributed by atoms with van der Waals surface area (Å²) in [5, 5.41) is 15.3. The number of hydrogen-bond donors (Lipinski definition) is 1. The van der Waals surface area contributed by atoms with Crippen LogP contribution in [0.3, 0.4) is 0 Å². The number of allylic oxidation sites excluding steroid dienone is 3. The minimum atomic E-state index is -0.545. The van der Waals surface area contributed by atoms with E-state index in [1.54, 1.807) is 33.1 Å². The first-order chi connectivity index (χ1) is 17.2. The number of nitrogens with one attached hydrogen (secondary N) is 1. The molecule has 36 heavy (non-hydrogen) atoms. The van der Waals surface area contributed by atoms with Crippen LogP contribution in [0.4, 0.5) is 0 Å². The minimum Gasteiger partial charge on any atom is -0.493 e. The van der Waals surface area contributed by atoms with E-state index in [1.807, 2.05) is 36.4 Å². The molecule has 1 aliphatic carbocycles. The van der Waals surface area contributed by atoms with Gasteiger partial charge in [0.25, 0.3) is 0 Å². The van der Waals surface area contributed by atoms with E-state index in [-0.39, 0.29) is 11.2 Å². The van der Waals surface area contributed by atoms with Crippen molar-refractivity contribution in [2.24, 2.45) is 5.41 Å². The van der Waals surface area contributed by atoms with Gasteiger partial charge in [0.2, 0.25) is 5.75 Å².